The van der Waals surface area contributed by atoms with Crippen LogP contribution in [0.25, 0.3) is 55.9 Å². The first-order valence-electron chi connectivity index (χ1n) is 14.0. The molecule has 12 nitrogen and oxygen atoms in total. The molecule has 5 aromatic rings. The van der Waals surface area contributed by atoms with Gasteiger partial charge in [-0.2, -0.15) is 17.2 Å². The number of aromatic amines is 2. The fourth-order valence-electron chi connectivity index (χ4n) is 5.52. The number of hydrogen-bond acceptors (Lipinski definition) is 8. The van der Waals surface area contributed by atoms with Gasteiger partial charge in [-0.3, -0.25) is 9.59 Å². The van der Waals surface area contributed by atoms with Gasteiger partial charge >= 0.3 is 37.1 Å². The molecule has 242 valence electrons. The minimum Gasteiger partial charge on any atom is -0.632 e. The maximum Gasteiger partial charge on any atom is 2.00 e. The third-order valence-corrected chi connectivity index (χ3v) is 8.72. The van der Waals surface area contributed by atoms with E-state index in [0.29, 0.717) is 11.1 Å². The number of carbonyl (C=O) groups excluding carboxylic acids is 4. The summed E-state index contributed by atoms with van der Waals surface area (Å²) in [5, 5.41) is 2.40. The van der Waals surface area contributed by atoms with Gasteiger partial charge in [0.05, 0.1) is 36.7 Å². The Morgan fingerprint density at radius 2 is 1.17 bits per heavy atom. The normalized spacial score (nSPS) is 12.0. The van der Waals surface area contributed by atoms with E-state index in [1.165, 1.54) is 33.0 Å². The minimum atomic E-state index is -0.995. The van der Waals surface area contributed by atoms with Gasteiger partial charge in [0, 0.05) is 22.5 Å². The monoisotopic (exact) mass is 756 g/mol. The van der Waals surface area contributed by atoms with Crippen molar-refractivity contribution in [3.8, 4) is 33.6 Å². The molecule has 2 aliphatic carbocycles. The van der Waals surface area contributed by atoms with Crippen molar-refractivity contribution in [1.82, 2.24) is 19.9 Å². The smallest absolute Gasteiger partial charge is 0.632 e. The topological polar surface area (TPSA) is 192 Å². The summed E-state index contributed by atoms with van der Waals surface area (Å²) in [7, 11) is 2.20. The molecule has 7 rings (SSSR count). The molecule has 16 heteroatoms. The van der Waals surface area contributed by atoms with Crippen LogP contribution in [0.15, 0.2) is 48.5 Å². The van der Waals surface area contributed by atoms with Crippen LogP contribution in [0.2, 0.25) is 0 Å². The van der Waals surface area contributed by atoms with Crippen molar-refractivity contribution in [2.45, 2.75) is 25.7 Å². The fourth-order valence-corrected chi connectivity index (χ4v) is 6.48. The Balaban J connectivity index is 0.000000461. The number of aromatic nitrogens is 4. The van der Waals surface area contributed by atoms with Crippen LogP contribution in [0.3, 0.4) is 0 Å². The number of rotatable bonds is 5. The second-order valence-corrected chi connectivity index (χ2v) is 12.1. The van der Waals surface area contributed by atoms with Crippen LogP contribution >= 0.6 is 17.2 Å². The van der Waals surface area contributed by atoms with Crippen LogP contribution in [0.4, 0.5) is 9.59 Å². The molecule has 0 bridgehead atoms. The number of imidazole rings is 2. The molecule has 3 aromatic carbocycles. The van der Waals surface area contributed by atoms with Gasteiger partial charge in [-0.1, -0.05) is 36.4 Å². The third-order valence-electron chi connectivity index (χ3n) is 7.57. The summed E-state index contributed by atoms with van der Waals surface area (Å²) >= 11 is 0. The van der Waals surface area contributed by atoms with Crippen LogP contribution in [0, 0.1) is 0 Å². The average Bonchev–Trinajstić information content (AvgIpc) is 3.68. The van der Waals surface area contributed by atoms with Crippen molar-refractivity contribution in [2.24, 2.45) is 0 Å². The van der Waals surface area contributed by atoms with Crippen molar-refractivity contribution in [1.29, 1.82) is 0 Å². The van der Waals surface area contributed by atoms with Crippen LogP contribution in [0.5, 0.6) is 0 Å². The van der Waals surface area contributed by atoms with E-state index in [1.807, 2.05) is 12.1 Å². The summed E-state index contributed by atoms with van der Waals surface area (Å²) in [4.78, 5) is 56.1. The van der Waals surface area contributed by atoms with E-state index in [9.17, 15) is 19.2 Å². The largest absolute Gasteiger partial charge is 2.00 e. The molecule has 2 unspecified atom stereocenters. The van der Waals surface area contributed by atoms with Crippen LogP contribution in [0.1, 0.15) is 22.5 Å². The number of carbonyl (C=O) groups is 2. The van der Waals surface area contributed by atoms with E-state index in [4.69, 9.17) is 16.5 Å². The predicted molar refractivity (Wildman–Crippen MR) is 180 cm³/mol. The van der Waals surface area contributed by atoms with Gasteiger partial charge < -0.3 is 40.5 Å². The molecule has 2 heterocycles. The van der Waals surface area contributed by atoms with Crippen LogP contribution in [-0.4, -0.2) is 58.4 Å². The summed E-state index contributed by atoms with van der Waals surface area (Å²) in [5.74, 6) is 0. The first kappa shape index (κ1) is 38.7. The molecule has 2 radical (unpaired) electrons. The van der Waals surface area contributed by atoms with Gasteiger partial charge in [0.2, 0.25) is 12.2 Å². The summed E-state index contributed by atoms with van der Waals surface area (Å²) < 4.78 is 7.56. The predicted octanol–water partition coefficient (Wildman–Crippen LogP) is 5.83. The molecule has 0 saturated carbocycles. The zero-order chi connectivity index (χ0) is 32.8. The molecule has 0 spiro atoms. The number of aryl methyl sites for hydroxylation is 4. The molecule has 2 atom stereocenters. The number of ether oxygens (including phenoxy) is 2. The quantitative estimate of drug-likeness (QED) is 0.165. The van der Waals surface area contributed by atoms with Crippen molar-refractivity contribution < 1.29 is 65.8 Å². The Morgan fingerprint density at radius 1 is 0.688 bits per heavy atom. The Bertz CT molecular complexity index is 1950. The molecule has 4 N–H and O–H groups in total. The molecule has 48 heavy (non-hydrogen) atoms. The molecule has 0 aliphatic heterocycles. The van der Waals surface area contributed by atoms with E-state index in [1.54, 1.807) is 0 Å². The van der Waals surface area contributed by atoms with Gasteiger partial charge in [0.1, 0.15) is 0 Å². The van der Waals surface area contributed by atoms with Crippen LogP contribution < -0.4 is 11.1 Å². The Kier molecular flexibility index (Phi) is 14.2. The number of benzene rings is 3. The number of nitrogens with one attached hydrogen (secondary N) is 4. The van der Waals surface area contributed by atoms with Crippen molar-refractivity contribution in [2.75, 3.05) is 14.2 Å². The first-order valence-corrected chi connectivity index (χ1v) is 16.0. The Hall–Kier alpha value is -3.75. The summed E-state index contributed by atoms with van der Waals surface area (Å²) in [6.45, 7) is 0. The second-order valence-electron chi connectivity index (χ2n) is 10.2. The van der Waals surface area contributed by atoms with Crippen LogP contribution in [-0.2, 0) is 81.9 Å². The van der Waals surface area contributed by atoms with E-state index >= 15 is 0 Å². The maximum atomic E-state index is 10.8. The van der Waals surface area contributed by atoms with E-state index < -0.39 is 12.2 Å². The van der Waals surface area contributed by atoms with Gasteiger partial charge in [-0.15, -0.1) is 0 Å². The Morgan fingerprint density at radius 3 is 1.69 bits per heavy atom. The molecular formula is C32H28N6O6P2V2. The summed E-state index contributed by atoms with van der Waals surface area (Å²) in [6.07, 6.45) is 1.71. The van der Waals surface area contributed by atoms with Gasteiger partial charge in [-0.05, 0) is 70.8 Å². The zero-order valence-electron chi connectivity index (χ0n) is 25.7. The molecule has 0 saturated heterocycles. The number of nitrogens with zero attached hydrogens (tertiary/aromatic N) is 2. The number of H-pyrrole nitrogens is 2. The van der Waals surface area contributed by atoms with Crippen molar-refractivity contribution in [3.05, 3.63) is 82.5 Å². The standard InChI is InChI=1S/C28H20N4O2P2.2C2H5NO2.2V/c33-13-35-27-29-23-7-4-18-9-16(3-6-21(18)25(23)31-27)15-1-2-17-12-22-19(11-20(17)10-15)5-8-24-26(22)32-28(30-24)36-14-34;2*1-5-2(3)4;;/h1-3,6,9-12,35-36H,4-5,7-8H2,(H,29,31)(H,30,32);2*1H3,(H2,3,4);;/q-2;;;2*+2/p-2. The third kappa shape index (κ3) is 8.83. The van der Waals surface area contributed by atoms with Crippen molar-refractivity contribution >= 4 is 63.3 Å². The number of fused-ring (bicyclic) bond motifs is 7. The molecule has 2 aromatic heterocycles. The van der Waals surface area contributed by atoms with Gasteiger partial charge in [-0.25, -0.2) is 22.0 Å². The van der Waals surface area contributed by atoms with E-state index in [-0.39, 0.29) is 54.3 Å². The van der Waals surface area contributed by atoms with E-state index in [0.717, 1.165) is 73.8 Å². The number of hydrogen-bond donors (Lipinski definition) is 2. The second kappa shape index (κ2) is 17.6. The van der Waals surface area contributed by atoms with Gasteiger partial charge in [0.25, 0.3) is 0 Å². The maximum absolute atomic E-state index is 10.8. The number of amides is 2. The molecular weight excluding hydrogens is 728 g/mol. The minimum absolute atomic E-state index is 0. The van der Waals surface area contributed by atoms with E-state index in [2.05, 4.69) is 73.0 Å². The summed E-state index contributed by atoms with van der Waals surface area (Å²) in [5.41, 5.74) is 24.8. The summed E-state index contributed by atoms with van der Waals surface area (Å²) in [6, 6.07) is 21.7. The number of methoxy groups -OCH3 is 2. The Labute approximate surface area is 303 Å². The SMILES string of the molecule is COC([NH-])=O.COC([NH-])=O.O=[C-]Pc1nc2c([nH]1)CCc1cc(-c3ccc4cc5c(cc4c3)CCc3[nH]c(P[C-]=O)nc3-5)ccc1-2.[V+2].[V+2]. The molecule has 2 amide bonds. The zero-order valence-corrected chi connectivity index (χ0v) is 30.5. The fraction of sp³-hybridized carbons (Fsp3) is 0.188. The average molecular weight is 756 g/mol. The first-order chi connectivity index (χ1) is 22.2. The van der Waals surface area contributed by atoms with Crippen molar-refractivity contribution in [3.63, 3.8) is 0 Å². The van der Waals surface area contributed by atoms with Gasteiger partial charge in [0.15, 0.2) is 0 Å². The molecule has 2 aliphatic rings. The molecule has 0 fully saturated rings.